The summed E-state index contributed by atoms with van der Waals surface area (Å²) in [4.78, 5) is 4.17. The Labute approximate surface area is 98.6 Å². The van der Waals surface area contributed by atoms with Gasteiger partial charge in [-0.2, -0.15) is 4.98 Å². The quantitative estimate of drug-likeness (QED) is 0.884. The van der Waals surface area contributed by atoms with Crippen LogP contribution in [0.5, 0.6) is 0 Å². The number of hydrogen-bond donors (Lipinski definition) is 1. The van der Waals surface area contributed by atoms with Crippen molar-refractivity contribution in [3.8, 4) is 11.5 Å². The van der Waals surface area contributed by atoms with Gasteiger partial charge in [-0.1, -0.05) is 24.6 Å². The summed E-state index contributed by atoms with van der Waals surface area (Å²) < 4.78 is 18.1. The number of aromatic nitrogens is 2. The minimum Gasteiger partial charge on any atom is -0.334 e. The minimum absolute atomic E-state index is 0.231. The third kappa shape index (κ3) is 2.68. The number of benzene rings is 1. The van der Waals surface area contributed by atoms with Crippen LogP contribution < -0.4 is 5.73 Å². The van der Waals surface area contributed by atoms with E-state index < -0.39 is 0 Å². The summed E-state index contributed by atoms with van der Waals surface area (Å²) in [5.41, 5.74) is 6.43. The Morgan fingerprint density at radius 1 is 1.47 bits per heavy atom. The molecule has 0 saturated carbocycles. The second-order valence-corrected chi connectivity index (χ2v) is 3.86. The molecule has 2 aromatic rings. The van der Waals surface area contributed by atoms with Gasteiger partial charge in [0.25, 0.3) is 5.89 Å². The molecule has 1 unspecified atom stereocenters. The van der Waals surface area contributed by atoms with Gasteiger partial charge in [0.15, 0.2) is 5.82 Å². The standard InChI is InChI=1S/C12H14FN3O/c1-2-4-10(14)11-15-12(17-16-11)8-5-3-6-9(13)7-8/h3,5-7,10H,2,4,14H2,1H3. The van der Waals surface area contributed by atoms with E-state index in [9.17, 15) is 4.39 Å². The van der Waals surface area contributed by atoms with Crippen molar-refractivity contribution in [3.05, 3.63) is 35.9 Å². The monoisotopic (exact) mass is 235 g/mol. The maximum atomic E-state index is 13.0. The predicted octanol–water partition coefficient (Wildman–Crippen LogP) is 2.68. The second-order valence-electron chi connectivity index (χ2n) is 3.86. The lowest BCUT2D eigenvalue weighted by Gasteiger charge is -2.02. The summed E-state index contributed by atoms with van der Waals surface area (Å²) >= 11 is 0. The lowest BCUT2D eigenvalue weighted by atomic mass is 10.2. The van der Waals surface area contributed by atoms with Gasteiger partial charge in [0.1, 0.15) is 5.82 Å². The third-order valence-electron chi connectivity index (χ3n) is 2.44. The topological polar surface area (TPSA) is 64.9 Å². The molecule has 1 aromatic carbocycles. The molecular formula is C12H14FN3O. The molecule has 0 aliphatic carbocycles. The van der Waals surface area contributed by atoms with E-state index in [2.05, 4.69) is 10.1 Å². The van der Waals surface area contributed by atoms with Crippen LogP contribution in [0.4, 0.5) is 4.39 Å². The Morgan fingerprint density at radius 2 is 2.29 bits per heavy atom. The van der Waals surface area contributed by atoms with Crippen LogP contribution in [0.3, 0.4) is 0 Å². The summed E-state index contributed by atoms with van der Waals surface area (Å²) in [6.07, 6.45) is 1.74. The normalized spacial score (nSPS) is 12.6. The van der Waals surface area contributed by atoms with E-state index in [-0.39, 0.29) is 11.9 Å². The Hall–Kier alpha value is -1.75. The van der Waals surface area contributed by atoms with Crippen molar-refractivity contribution >= 4 is 0 Å². The van der Waals surface area contributed by atoms with Crippen molar-refractivity contribution in [1.82, 2.24) is 10.1 Å². The maximum absolute atomic E-state index is 13.0. The van der Waals surface area contributed by atoms with E-state index in [1.165, 1.54) is 12.1 Å². The van der Waals surface area contributed by atoms with E-state index in [0.29, 0.717) is 17.3 Å². The molecule has 0 saturated heterocycles. The van der Waals surface area contributed by atoms with Crippen molar-refractivity contribution in [1.29, 1.82) is 0 Å². The average Bonchev–Trinajstić information content (AvgIpc) is 2.78. The summed E-state index contributed by atoms with van der Waals surface area (Å²) in [5, 5.41) is 3.81. The fraction of sp³-hybridized carbons (Fsp3) is 0.333. The van der Waals surface area contributed by atoms with Gasteiger partial charge in [0.05, 0.1) is 6.04 Å². The third-order valence-corrected chi connectivity index (χ3v) is 2.44. The van der Waals surface area contributed by atoms with E-state index >= 15 is 0 Å². The molecule has 2 rings (SSSR count). The first kappa shape index (κ1) is 11.7. The Morgan fingerprint density at radius 3 is 3.00 bits per heavy atom. The largest absolute Gasteiger partial charge is 0.334 e. The highest BCUT2D eigenvalue weighted by molar-refractivity contribution is 5.52. The first-order chi connectivity index (χ1) is 8.20. The summed E-state index contributed by atoms with van der Waals surface area (Å²) in [5.74, 6) is 0.428. The van der Waals surface area contributed by atoms with Crippen LogP contribution in [0.1, 0.15) is 31.6 Å². The van der Waals surface area contributed by atoms with E-state index in [1.54, 1.807) is 12.1 Å². The van der Waals surface area contributed by atoms with Gasteiger partial charge in [-0.3, -0.25) is 0 Å². The molecule has 1 heterocycles. The predicted molar refractivity (Wildman–Crippen MR) is 61.5 cm³/mol. The molecule has 0 amide bonds. The smallest absolute Gasteiger partial charge is 0.258 e. The van der Waals surface area contributed by atoms with Crippen molar-refractivity contribution in [3.63, 3.8) is 0 Å². The highest BCUT2D eigenvalue weighted by atomic mass is 19.1. The summed E-state index contributed by atoms with van der Waals surface area (Å²) in [6, 6.07) is 5.80. The van der Waals surface area contributed by atoms with Crippen LogP contribution in [0.25, 0.3) is 11.5 Å². The van der Waals surface area contributed by atoms with Crippen LogP contribution in [0, 0.1) is 5.82 Å². The Bertz CT molecular complexity index is 498. The van der Waals surface area contributed by atoms with E-state index in [1.807, 2.05) is 6.92 Å². The Kier molecular flexibility index (Phi) is 3.49. The SMILES string of the molecule is CCCC(N)c1noc(-c2cccc(F)c2)n1. The molecule has 90 valence electrons. The van der Waals surface area contributed by atoms with Gasteiger partial charge in [0, 0.05) is 5.56 Å². The van der Waals surface area contributed by atoms with Gasteiger partial charge in [-0.05, 0) is 24.6 Å². The van der Waals surface area contributed by atoms with Crippen LogP contribution in [0.15, 0.2) is 28.8 Å². The molecule has 1 atom stereocenters. The molecule has 0 aliphatic heterocycles. The molecule has 0 fully saturated rings. The zero-order valence-corrected chi connectivity index (χ0v) is 9.56. The molecular weight excluding hydrogens is 221 g/mol. The second kappa shape index (κ2) is 5.05. The fourth-order valence-corrected chi connectivity index (χ4v) is 1.56. The highest BCUT2D eigenvalue weighted by Crippen LogP contribution is 2.20. The van der Waals surface area contributed by atoms with Crippen LogP contribution in [-0.4, -0.2) is 10.1 Å². The van der Waals surface area contributed by atoms with Gasteiger partial charge in [-0.15, -0.1) is 0 Å². The number of rotatable bonds is 4. The van der Waals surface area contributed by atoms with Gasteiger partial charge in [0.2, 0.25) is 0 Å². The number of nitrogens with zero attached hydrogens (tertiary/aromatic N) is 2. The van der Waals surface area contributed by atoms with Crippen LogP contribution >= 0.6 is 0 Å². The van der Waals surface area contributed by atoms with Crippen molar-refractivity contribution < 1.29 is 8.91 Å². The summed E-state index contributed by atoms with van der Waals surface area (Å²) in [7, 11) is 0. The van der Waals surface area contributed by atoms with Crippen molar-refractivity contribution in [2.24, 2.45) is 5.73 Å². The van der Waals surface area contributed by atoms with Crippen molar-refractivity contribution in [2.75, 3.05) is 0 Å². The lowest BCUT2D eigenvalue weighted by Crippen LogP contribution is -2.11. The molecule has 17 heavy (non-hydrogen) atoms. The molecule has 0 radical (unpaired) electrons. The van der Waals surface area contributed by atoms with E-state index in [4.69, 9.17) is 10.3 Å². The Balaban J connectivity index is 2.23. The van der Waals surface area contributed by atoms with Gasteiger partial charge >= 0.3 is 0 Å². The minimum atomic E-state index is -0.333. The summed E-state index contributed by atoms with van der Waals surface area (Å²) in [6.45, 7) is 2.04. The van der Waals surface area contributed by atoms with Crippen molar-refractivity contribution in [2.45, 2.75) is 25.8 Å². The lowest BCUT2D eigenvalue weighted by molar-refractivity contribution is 0.413. The highest BCUT2D eigenvalue weighted by Gasteiger charge is 2.14. The molecule has 1 aromatic heterocycles. The fourth-order valence-electron chi connectivity index (χ4n) is 1.56. The first-order valence-corrected chi connectivity index (χ1v) is 5.56. The van der Waals surface area contributed by atoms with Gasteiger partial charge < -0.3 is 10.3 Å². The zero-order chi connectivity index (χ0) is 12.3. The van der Waals surface area contributed by atoms with Gasteiger partial charge in [-0.25, -0.2) is 4.39 Å². The average molecular weight is 235 g/mol. The number of hydrogen-bond acceptors (Lipinski definition) is 4. The molecule has 2 N–H and O–H groups in total. The van der Waals surface area contributed by atoms with E-state index in [0.717, 1.165) is 12.8 Å². The van der Waals surface area contributed by atoms with Crippen LogP contribution in [0.2, 0.25) is 0 Å². The van der Waals surface area contributed by atoms with Crippen LogP contribution in [-0.2, 0) is 0 Å². The molecule has 5 heteroatoms. The molecule has 4 nitrogen and oxygen atoms in total. The molecule has 0 bridgehead atoms. The number of nitrogens with two attached hydrogens (primary N) is 1. The zero-order valence-electron chi connectivity index (χ0n) is 9.56. The molecule has 0 spiro atoms. The number of halogens is 1. The first-order valence-electron chi connectivity index (χ1n) is 5.56. The maximum Gasteiger partial charge on any atom is 0.258 e. The molecule has 0 aliphatic rings.